The monoisotopic (exact) mass is 343 g/mol. The summed E-state index contributed by atoms with van der Waals surface area (Å²) in [5, 5.41) is 13.4. The van der Waals surface area contributed by atoms with Gasteiger partial charge in [0.05, 0.1) is 17.7 Å². The maximum Gasteiger partial charge on any atom is 0.335 e. The molecule has 24 heavy (non-hydrogen) atoms. The van der Waals surface area contributed by atoms with Crippen LogP contribution in [-0.2, 0) is 4.74 Å². The number of anilines is 1. The highest BCUT2D eigenvalue weighted by Gasteiger charge is 2.39. The summed E-state index contributed by atoms with van der Waals surface area (Å²) in [6.45, 7) is 0.762. The zero-order chi connectivity index (χ0) is 16.7. The van der Waals surface area contributed by atoms with Gasteiger partial charge in [-0.1, -0.05) is 23.7 Å². The van der Waals surface area contributed by atoms with Gasteiger partial charge < -0.3 is 15.2 Å². The van der Waals surface area contributed by atoms with Gasteiger partial charge in [0.15, 0.2) is 0 Å². The molecular weight excluding hydrogens is 326 g/mol. The Hall–Kier alpha value is -2.04. The van der Waals surface area contributed by atoms with Crippen LogP contribution in [0.15, 0.2) is 42.5 Å². The molecule has 4 nitrogen and oxygen atoms in total. The number of ether oxygens (including phenoxy) is 1. The Bertz CT molecular complexity index is 775. The van der Waals surface area contributed by atoms with Crippen LogP contribution in [0.4, 0.5) is 5.69 Å². The first-order chi connectivity index (χ1) is 11.6. The molecule has 1 saturated heterocycles. The van der Waals surface area contributed by atoms with Crippen molar-refractivity contribution in [3.05, 3.63) is 64.2 Å². The normalized spacial score (nSPS) is 25.3. The van der Waals surface area contributed by atoms with Gasteiger partial charge in [0.25, 0.3) is 0 Å². The fourth-order valence-corrected chi connectivity index (χ4v) is 3.99. The van der Waals surface area contributed by atoms with Crippen LogP contribution in [0.2, 0.25) is 5.02 Å². The van der Waals surface area contributed by atoms with E-state index in [1.54, 1.807) is 12.1 Å². The molecule has 2 aliphatic rings. The molecule has 0 aromatic heterocycles. The highest BCUT2D eigenvalue weighted by atomic mass is 35.5. The summed E-state index contributed by atoms with van der Waals surface area (Å²) in [5.74, 6) is -0.600. The van der Waals surface area contributed by atoms with Crippen LogP contribution in [0, 0.1) is 5.92 Å². The van der Waals surface area contributed by atoms with Crippen LogP contribution in [0.1, 0.15) is 46.5 Å². The van der Waals surface area contributed by atoms with Crippen molar-refractivity contribution in [1.82, 2.24) is 0 Å². The molecule has 4 rings (SSSR count). The second-order valence-corrected chi connectivity index (χ2v) is 6.81. The quantitative estimate of drug-likeness (QED) is 0.831. The maximum absolute atomic E-state index is 11.1. The topological polar surface area (TPSA) is 58.6 Å². The molecule has 2 aromatic carbocycles. The lowest BCUT2D eigenvalue weighted by molar-refractivity contribution is -0.0381. The van der Waals surface area contributed by atoms with Crippen LogP contribution in [0.5, 0.6) is 0 Å². The Kier molecular flexibility index (Phi) is 3.94. The number of fused-ring (bicyclic) bond motifs is 3. The molecule has 2 aliphatic heterocycles. The Morgan fingerprint density at radius 1 is 1.21 bits per heavy atom. The zero-order valence-corrected chi connectivity index (χ0v) is 13.8. The van der Waals surface area contributed by atoms with E-state index in [1.165, 1.54) is 0 Å². The van der Waals surface area contributed by atoms with E-state index in [9.17, 15) is 4.79 Å². The minimum Gasteiger partial charge on any atom is -0.478 e. The van der Waals surface area contributed by atoms with E-state index in [4.69, 9.17) is 21.4 Å². The third-order valence-corrected chi connectivity index (χ3v) is 5.18. The summed E-state index contributed by atoms with van der Waals surface area (Å²) in [4.78, 5) is 11.1. The molecule has 2 heterocycles. The van der Waals surface area contributed by atoms with Crippen molar-refractivity contribution in [1.29, 1.82) is 0 Å². The highest BCUT2D eigenvalue weighted by molar-refractivity contribution is 6.30. The summed E-state index contributed by atoms with van der Waals surface area (Å²) < 4.78 is 6.08. The van der Waals surface area contributed by atoms with Crippen molar-refractivity contribution in [3.63, 3.8) is 0 Å². The number of aromatic carboxylic acids is 1. The van der Waals surface area contributed by atoms with E-state index in [0.29, 0.717) is 16.5 Å². The number of benzene rings is 2. The fourth-order valence-electron chi connectivity index (χ4n) is 3.80. The van der Waals surface area contributed by atoms with Gasteiger partial charge >= 0.3 is 5.97 Å². The number of nitrogens with one attached hydrogen (secondary N) is 1. The van der Waals surface area contributed by atoms with Gasteiger partial charge in [0, 0.05) is 28.8 Å². The molecule has 1 fully saturated rings. The predicted octanol–water partition coefficient (Wildman–Crippen LogP) is 4.67. The summed E-state index contributed by atoms with van der Waals surface area (Å²) in [6.07, 6.45) is 2.12. The SMILES string of the molecule is O=C(O)c1ccc([C@@H]2Nc3ccc(Cl)cc3[C@H]3OCCC[C@H]32)cc1. The van der Waals surface area contributed by atoms with Crippen molar-refractivity contribution in [2.45, 2.75) is 25.0 Å². The van der Waals surface area contributed by atoms with Gasteiger partial charge in [-0.2, -0.15) is 0 Å². The van der Waals surface area contributed by atoms with Gasteiger partial charge in [0.1, 0.15) is 0 Å². The summed E-state index contributed by atoms with van der Waals surface area (Å²) >= 11 is 6.17. The van der Waals surface area contributed by atoms with Crippen LogP contribution in [0.3, 0.4) is 0 Å². The van der Waals surface area contributed by atoms with Crippen molar-refractivity contribution in [2.24, 2.45) is 5.92 Å². The lowest BCUT2D eigenvalue weighted by Gasteiger charge is -2.43. The van der Waals surface area contributed by atoms with Gasteiger partial charge in [0.2, 0.25) is 0 Å². The number of hydrogen-bond donors (Lipinski definition) is 2. The number of rotatable bonds is 2. The zero-order valence-electron chi connectivity index (χ0n) is 13.0. The second kappa shape index (κ2) is 6.11. The minimum absolute atomic E-state index is 0.0258. The molecule has 124 valence electrons. The third-order valence-electron chi connectivity index (χ3n) is 4.94. The van der Waals surface area contributed by atoms with Crippen molar-refractivity contribution in [2.75, 3.05) is 11.9 Å². The summed E-state index contributed by atoms with van der Waals surface area (Å²) in [5.41, 5.74) is 3.54. The first-order valence-electron chi connectivity index (χ1n) is 8.14. The Labute approximate surface area is 145 Å². The molecule has 0 bridgehead atoms. The molecular formula is C19H18ClNO3. The van der Waals surface area contributed by atoms with Crippen molar-refractivity contribution >= 4 is 23.3 Å². The number of hydrogen-bond acceptors (Lipinski definition) is 3. The second-order valence-electron chi connectivity index (χ2n) is 6.38. The average molecular weight is 344 g/mol. The van der Waals surface area contributed by atoms with E-state index >= 15 is 0 Å². The Balaban J connectivity index is 1.73. The van der Waals surface area contributed by atoms with E-state index in [1.807, 2.05) is 30.3 Å². The molecule has 5 heteroatoms. The molecule has 0 amide bonds. The molecule has 0 aliphatic carbocycles. The molecule has 2 aromatic rings. The van der Waals surface area contributed by atoms with E-state index in [0.717, 1.165) is 36.3 Å². The highest BCUT2D eigenvalue weighted by Crippen LogP contribution is 2.49. The smallest absolute Gasteiger partial charge is 0.335 e. The van der Waals surface area contributed by atoms with Gasteiger partial charge in [-0.05, 0) is 48.7 Å². The number of carbonyl (C=O) groups is 1. The van der Waals surface area contributed by atoms with Crippen LogP contribution >= 0.6 is 11.6 Å². The standard InChI is InChI=1S/C19H18ClNO3/c20-13-7-8-16-15(10-13)18-14(2-1-9-24-18)17(21-16)11-3-5-12(6-4-11)19(22)23/h3-8,10,14,17-18,21H,1-2,9H2,(H,22,23)/t14-,17-,18-/m0/s1. The molecule has 0 unspecified atom stereocenters. The molecule has 0 radical (unpaired) electrons. The predicted molar refractivity (Wildman–Crippen MR) is 92.6 cm³/mol. The number of carboxylic acids is 1. The average Bonchev–Trinajstić information content (AvgIpc) is 2.61. The fraction of sp³-hybridized carbons (Fsp3) is 0.316. The van der Waals surface area contributed by atoms with Gasteiger partial charge in [-0.3, -0.25) is 0 Å². The van der Waals surface area contributed by atoms with E-state index < -0.39 is 5.97 Å². The molecule has 2 N–H and O–H groups in total. The summed E-state index contributed by atoms with van der Waals surface area (Å²) in [6, 6.07) is 13.1. The van der Waals surface area contributed by atoms with Crippen LogP contribution in [0.25, 0.3) is 0 Å². The lowest BCUT2D eigenvalue weighted by atomic mass is 9.77. The van der Waals surface area contributed by atoms with Crippen molar-refractivity contribution < 1.29 is 14.6 Å². The van der Waals surface area contributed by atoms with Crippen LogP contribution < -0.4 is 5.32 Å². The Morgan fingerprint density at radius 2 is 2.00 bits per heavy atom. The van der Waals surface area contributed by atoms with E-state index in [-0.39, 0.29) is 12.1 Å². The third kappa shape index (κ3) is 2.66. The van der Waals surface area contributed by atoms with Gasteiger partial charge in [-0.25, -0.2) is 4.79 Å². The largest absolute Gasteiger partial charge is 0.478 e. The van der Waals surface area contributed by atoms with Gasteiger partial charge in [-0.15, -0.1) is 0 Å². The lowest BCUT2D eigenvalue weighted by Crippen LogP contribution is -2.36. The minimum atomic E-state index is -0.906. The summed E-state index contributed by atoms with van der Waals surface area (Å²) in [7, 11) is 0. The first-order valence-corrected chi connectivity index (χ1v) is 8.52. The van der Waals surface area contributed by atoms with E-state index in [2.05, 4.69) is 5.32 Å². The molecule has 3 atom stereocenters. The Morgan fingerprint density at radius 3 is 2.75 bits per heavy atom. The van der Waals surface area contributed by atoms with Crippen LogP contribution in [-0.4, -0.2) is 17.7 Å². The van der Waals surface area contributed by atoms with Crippen molar-refractivity contribution in [3.8, 4) is 0 Å². The number of halogens is 1. The molecule has 0 saturated carbocycles. The maximum atomic E-state index is 11.1. The molecule has 0 spiro atoms. The number of carboxylic acid groups (broad SMARTS) is 1. The first kappa shape index (κ1) is 15.5.